The fraction of sp³-hybridized carbons (Fsp3) is 0.625. The number of rotatable bonds is 6. The molecule has 1 heterocycles. The molecule has 0 aromatic heterocycles. The Morgan fingerprint density at radius 1 is 1.23 bits per heavy atom. The molecule has 0 spiro atoms. The van der Waals surface area contributed by atoms with Crippen molar-refractivity contribution in [2.24, 2.45) is 5.92 Å². The van der Waals surface area contributed by atoms with Gasteiger partial charge in [-0.1, -0.05) is 6.92 Å². The summed E-state index contributed by atoms with van der Waals surface area (Å²) in [6, 6.07) is 4.05. The van der Waals surface area contributed by atoms with Gasteiger partial charge in [-0.05, 0) is 76.8 Å². The van der Waals surface area contributed by atoms with E-state index in [1.54, 1.807) is 0 Å². The van der Waals surface area contributed by atoms with E-state index >= 15 is 0 Å². The van der Waals surface area contributed by atoms with Crippen LogP contribution in [0.3, 0.4) is 0 Å². The lowest BCUT2D eigenvalue weighted by Gasteiger charge is -2.34. The van der Waals surface area contributed by atoms with Crippen LogP contribution in [0.1, 0.15) is 12.5 Å². The molecule has 1 aromatic rings. The van der Waals surface area contributed by atoms with Gasteiger partial charge in [0.25, 0.3) is 0 Å². The Bertz CT molecular complexity index is 491. The Labute approximate surface area is 160 Å². The second-order valence-corrected chi connectivity index (χ2v) is 8.64. The zero-order valence-corrected chi connectivity index (χ0v) is 17.6. The van der Waals surface area contributed by atoms with Gasteiger partial charge in [0.2, 0.25) is 0 Å². The summed E-state index contributed by atoms with van der Waals surface area (Å²) in [7, 11) is 2.19. The summed E-state index contributed by atoms with van der Waals surface area (Å²) in [6.45, 7) is 9.86. The van der Waals surface area contributed by atoms with Gasteiger partial charge in [-0.25, -0.2) is 0 Å². The zero-order chi connectivity index (χ0) is 16.1. The van der Waals surface area contributed by atoms with Crippen LogP contribution in [0.4, 0.5) is 0 Å². The average Bonchev–Trinajstić information content (AvgIpc) is 2.46. The van der Waals surface area contributed by atoms with Gasteiger partial charge in [0, 0.05) is 48.4 Å². The standard InChI is InChI=1S/C16H25I2N3O/c1-12(11-21-5-3-20(2)4-6-21)9-19-10-13-7-14(17)8-15(18)16(13)22/h7-8,12,19,22H,3-6,9-11H2,1-2H3. The highest BCUT2D eigenvalue weighted by Gasteiger charge is 2.16. The van der Waals surface area contributed by atoms with Crippen molar-refractivity contribution in [3.63, 3.8) is 0 Å². The van der Waals surface area contributed by atoms with Crippen LogP contribution in [0.2, 0.25) is 0 Å². The first-order valence-electron chi connectivity index (χ1n) is 7.74. The lowest BCUT2D eigenvalue weighted by Crippen LogP contribution is -2.46. The molecular weight excluding hydrogens is 504 g/mol. The molecule has 1 saturated heterocycles. The third-order valence-corrected chi connectivity index (χ3v) is 5.53. The molecule has 1 aliphatic heterocycles. The fourth-order valence-electron chi connectivity index (χ4n) is 2.74. The molecule has 124 valence electrons. The Morgan fingerprint density at radius 2 is 1.91 bits per heavy atom. The van der Waals surface area contributed by atoms with Crippen molar-refractivity contribution in [3.8, 4) is 5.75 Å². The second kappa shape index (κ2) is 9.00. The minimum atomic E-state index is 0.417. The van der Waals surface area contributed by atoms with Crippen molar-refractivity contribution >= 4 is 45.2 Å². The number of aromatic hydroxyl groups is 1. The number of phenolic OH excluding ortho intramolecular Hbond substituents is 1. The first-order valence-corrected chi connectivity index (χ1v) is 9.90. The SMILES string of the molecule is CC(CNCc1cc(I)cc(I)c1O)CN1CCN(C)CC1. The number of piperazine rings is 1. The average molecular weight is 529 g/mol. The van der Waals surface area contributed by atoms with Gasteiger partial charge in [-0.3, -0.25) is 0 Å². The first kappa shape index (κ1) is 18.7. The van der Waals surface area contributed by atoms with Crippen molar-refractivity contribution < 1.29 is 5.11 Å². The molecule has 2 rings (SSSR count). The maximum Gasteiger partial charge on any atom is 0.133 e. The molecule has 1 aromatic carbocycles. The van der Waals surface area contributed by atoms with Gasteiger partial charge in [0.1, 0.15) is 5.75 Å². The molecule has 1 aliphatic rings. The molecule has 0 amide bonds. The summed E-state index contributed by atoms with van der Waals surface area (Å²) < 4.78 is 2.09. The van der Waals surface area contributed by atoms with E-state index in [0.29, 0.717) is 11.7 Å². The third-order valence-electron chi connectivity index (χ3n) is 4.08. The van der Waals surface area contributed by atoms with E-state index in [2.05, 4.69) is 80.3 Å². The Morgan fingerprint density at radius 3 is 2.59 bits per heavy atom. The Balaban J connectivity index is 1.74. The molecule has 22 heavy (non-hydrogen) atoms. The molecule has 4 nitrogen and oxygen atoms in total. The van der Waals surface area contributed by atoms with Gasteiger partial charge in [-0.15, -0.1) is 0 Å². The minimum absolute atomic E-state index is 0.417. The van der Waals surface area contributed by atoms with Crippen molar-refractivity contribution in [2.45, 2.75) is 13.5 Å². The zero-order valence-electron chi connectivity index (χ0n) is 13.3. The van der Waals surface area contributed by atoms with Crippen molar-refractivity contribution in [1.82, 2.24) is 15.1 Å². The summed E-state index contributed by atoms with van der Waals surface area (Å²) in [5.41, 5.74) is 0.989. The third kappa shape index (κ3) is 5.77. The van der Waals surface area contributed by atoms with Crippen LogP contribution >= 0.6 is 45.2 Å². The molecule has 1 fully saturated rings. The largest absolute Gasteiger partial charge is 0.507 e. The fourth-order valence-corrected chi connectivity index (χ4v) is 4.71. The highest BCUT2D eigenvalue weighted by Crippen LogP contribution is 2.26. The summed E-state index contributed by atoms with van der Waals surface area (Å²) in [4.78, 5) is 4.94. The van der Waals surface area contributed by atoms with E-state index in [9.17, 15) is 5.11 Å². The van der Waals surface area contributed by atoms with E-state index in [-0.39, 0.29) is 0 Å². The Kier molecular flexibility index (Phi) is 7.65. The first-order chi connectivity index (χ1) is 10.5. The maximum atomic E-state index is 10.1. The van der Waals surface area contributed by atoms with Crippen LogP contribution < -0.4 is 5.32 Å². The number of likely N-dealkylation sites (N-methyl/N-ethyl adjacent to an activating group) is 1. The minimum Gasteiger partial charge on any atom is -0.507 e. The number of nitrogens with zero attached hydrogens (tertiary/aromatic N) is 2. The summed E-state index contributed by atoms with van der Waals surface area (Å²) >= 11 is 4.48. The van der Waals surface area contributed by atoms with Crippen molar-refractivity contribution in [1.29, 1.82) is 0 Å². The van der Waals surface area contributed by atoms with Crippen LogP contribution in [0, 0.1) is 13.1 Å². The van der Waals surface area contributed by atoms with Gasteiger partial charge in [0.05, 0.1) is 3.57 Å². The van der Waals surface area contributed by atoms with Crippen LogP contribution in [0.5, 0.6) is 5.75 Å². The Hall–Kier alpha value is 0.360. The number of hydrogen-bond acceptors (Lipinski definition) is 4. The number of halogens is 2. The molecule has 2 N–H and O–H groups in total. The number of phenols is 1. The van der Waals surface area contributed by atoms with E-state index in [4.69, 9.17) is 0 Å². The predicted molar refractivity (Wildman–Crippen MR) is 108 cm³/mol. The van der Waals surface area contributed by atoms with Crippen molar-refractivity contribution in [3.05, 3.63) is 24.8 Å². The predicted octanol–water partition coefficient (Wildman–Crippen LogP) is 2.57. The van der Waals surface area contributed by atoms with E-state index in [1.165, 1.54) is 29.7 Å². The summed E-state index contributed by atoms with van der Waals surface area (Å²) in [6.07, 6.45) is 0. The number of benzene rings is 1. The van der Waals surface area contributed by atoms with E-state index in [1.807, 2.05) is 6.07 Å². The van der Waals surface area contributed by atoms with Gasteiger partial charge in [0.15, 0.2) is 0 Å². The lowest BCUT2D eigenvalue weighted by molar-refractivity contribution is 0.138. The monoisotopic (exact) mass is 529 g/mol. The molecular formula is C16H25I2N3O. The van der Waals surface area contributed by atoms with Gasteiger partial charge >= 0.3 is 0 Å². The molecule has 1 atom stereocenters. The highest BCUT2D eigenvalue weighted by molar-refractivity contribution is 14.1. The molecule has 0 bridgehead atoms. The van der Waals surface area contributed by atoms with E-state index in [0.717, 1.165) is 28.8 Å². The molecule has 0 saturated carbocycles. The smallest absolute Gasteiger partial charge is 0.133 e. The topological polar surface area (TPSA) is 38.7 Å². The summed E-state index contributed by atoms with van der Waals surface area (Å²) in [5.74, 6) is 1.03. The quantitative estimate of drug-likeness (QED) is 0.557. The van der Waals surface area contributed by atoms with Crippen LogP contribution in [0.25, 0.3) is 0 Å². The van der Waals surface area contributed by atoms with Crippen LogP contribution in [0.15, 0.2) is 12.1 Å². The van der Waals surface area contributed by atoms with E-state index < -0.39 is 0 Å². The van der Waals surface area contributed by atoms with Gasteiger partial charge < -0.3 is 20.2 Å². The normalized spacial score (nSPS) is 18.5. The number of nitrogens with one attached hydrogen (secondary N) is 1. The molecule has 1 unspecified atom stereocenters. The number of hydrogen-bond donors (Lipinski definition) is 2. The molecule has 0 aliphatic carbocycles. The molecule has 6 heteroatoms. The highest BCUT2D eigenvalue weighted by atomic mass is 127. The summed E-state index contributed by atoms with van der Waals surface area (Å²) in [5, 5.41) is 13.6. The van der Waals surface area contributed by atoms with Crippen LogP contribution in [-0.2, 0) is 6.54 Å². The molecule has 0 radical (unpaired) electrons. The van der Waals surface area contributed by atoms with Crippen LogP contribution in [-0.4, -0.2) is 61.2 Å². The lowest BCUT2D eigenvalue weighted by atomic mass is 10.1. The maximum absolute atomic E-state index is 10.1. The van der Waals surface area contributed by atoms with Crippen molar-refractivity contribution in [2.75, 3.05) is 46.3 Å². The second-order valence-electron chi connectivity index (χ2n) is 6.24. The van der Waals surface area contributed by atoms with Gasteiger partial charge in [-0.2, -0.15) is 0 Å².